The summed E-state index contributed by atoms with van der Waals surface area (Å²) in [4.78, 5) is 18.6. The number of anilines is 1. The molecule has 1 aromatic heterocycles. The van der Waals surface area contributed by atoms with Crippen molar-refractivity contribution in [3.63, 3.8) is 0 Å². The molecule has 1 unspecified atom stereocenters. The maximum Gasteiger partial charge on any atom is 0.319 e. The van der Waals surface area contributed by atoms with Crippen molar-refractivity contribution in [2.24, 2.45) is 5.92 Å². The van der Waals surface area contributed by atoms with Crippen LogP contribution in [0.2, 0.25) is 0 Å². The Bertz CT molecular complexity index is 459. The standard InChI is InChI=1S/C17H28N4O2/c1-3-14(4-2)16(21-8-10-23-11-9-21)13-19-17(22)20-15-6-5-7-18-12-15/h5-7,12,14,16H,3-4,8-11,13H2,1-2H3,(H2,19,20,22). The first-order chi connectivity index (χ1) is 11.2. The van der Waals surface area contributed by atoms with E-state index in [1.165, 1.54) is 0 Å². The molecule has 0 radical (unpaired) electrons. The van der Waals surface area contributed by atoms with E-state index in [1.54, 1.807) is 18.5 Å². The van der Waals surface area contributed by atoms with Gasteiger partial charge in [0.05, 0.1) is 25.1 Å². The van der Waals surface area contributed by atoms with Gasteiger partial charge in [-0.15, -0.1) is 0 Å². The summed E-state index contributed by atoms with van der Waals surface area (Å²) in [6.07, 6.45) is 5.55. The van der Waals surface area contributed by atoms with Gasteiger partial charge < -0.3 is 15.4 Å². The van der Waals surface area contributed by atoms with Crippen molar-refractivity contribution in [3.8, 4) is 0 Å². The van der Waals surface area contributed by atoms with E-state index in [4.69, 9.17) is 4.74 Å². The van der Waals surface area contributed by atoms with E-state index in [9.17, 15) is 4.79 Å². The Morgan fingerprint density at radius 3 is 2.70 bits per heavy atom. The van der Waals surface area contributed by atoms with E-state index in [0.29, 0.717) is 24.2 Å². The van der Waals surface area contributed by atoms with Gasteiger partial charge in [0, 0.05) is 31.9 Å². The minimum Gasteiger partial charge on any atom is -0.379 e. The van der Waals surface area contributed by atoms with Gasteiger partial charge in [0.1, 0.15) is 0 Å². The molecule has 6 heteroatoms. The Hall–Kier alpha value is -1.66. The average Bonchev–Trinajstić information content (AvgIpc) is 2.60. The van der Waals surface area contributed by atoms with Gasteiger partial charge in [-0.05, 0) is 18.1 Å². The van der Waals surface area contributed by atoms with Crippen LogP contribution in [0.15, 0.2) is 24.5 Å². The van der Waals surface area contributed by atoms with E-state index in [1.807, 2.05) is 6.07 Å². The first-order valence-corrected chi connectivity index (χ1v) is 8.51. The fourth-order valence-electron chi connectivity index (χ4n) is 3.15. The molecule has 0 saturated carbocycles. The van der Waals surface area contributed by atoms with Crippen molar-refractivity contribution < 1.29 is 9.53 Å². The monoisotopic (exact) mass is 320 g/mol. The van der Waals surface area contributed by atoms with Gasteiger partial charge in [0.15, 0.2) is 0 Å². The molecule has 6 nitrogen and oxygen atoms in total. The third-order valence-electron chi connectivity index (χ3n) is 4.50. The number of morpholine rings is 1. The zero-order valence-electron chi connectivity index (χ0n) is 14.1. The number of urea groups is 1. The second-order valence-corrected chi connectivity index (χ2v) is 5.87. The predicted octanol–water partition coefficient (Wildman–Crippen LogP) is 2.34. The molecule has 1 atom stereocenters. The highest BCUT2D eigenvalue weighted by Crippen LogP contribution is 2.19. The summed E-state index contributed by atoms with van der Waals surface area (Å²) in [7, 11) is 0. The summed E-state index contributed by atoms with van der Waals surface area (Å²) < 4.78 is 5.45. The van der Waals surface area contributed by atoms with Crippen LogP contribution in [0.25, 0.3) is 0 Å². The van der Waals surface area contributed by atoms with Crippen LogP contribution in [-0.4, -0.2) is 54.8 Å². The topological polar surface area (TPSA) is 66.5 Å². The zero-order chi connectivity index (χ0) is 16.5. The Morgan fingerprint density at radius 2 is 2.09 bits per heavy atom. The van der Waals surface area contributed by atoms with Crippen molar-refractivity contribution in [1.82, 2.24) is 15.2 Å². The number of pyridine rings is 1. The number of ether oxygens (including phenoxy) is 1. The summed E-state index contributed by atoms with van der Waals surface area (Å²) in [6, 6.07) is 3.80. The van der Waals surface area contributed by atoms with Crippen LogP contribution in [0.3, 0.4) is 0 Å². The van der Waals surface area contributed by atoms with Gasteiger partial charge in [-0.2, -0.15) is 0 Å². The van der Waals surface area contributed by atoms with Crippen LogP contribution < -0.4 is 10.6 Å². The smallest absolute Gasteiger partial charge is 0.319 e. The highest BCUT2D eigenvalue weighted by Gasteiger charge is 2.27. The van der Waals surface area contributed by atoms with Gasteiger partial charge >= 0.3 is 6.03 Å². The largest absolute Gasteiger partial charge is 0.379 e. The minimum atomic E-state index is -0.179. The molecule has 2 heterocycles. The summed E-state index contributed by atoms with van der Waals surface area (Å²) in [5.41, 5.74) is 0.704. The second kappa shape index (κ2) is 9.47. The number of hydrogen-bond acceptors (Lipinski definition) is 4. The van der Waals surface area contributed by atoms with Crippen molar-refractivity contribution in [3.05, 3.63) is 24.5 Å². The highest BCUT2D eigenvalue weighted by atomic mass is 16.5. The fraction of sp³-hybridized carbons (Fsp3) is 0.647. The molecule has 2 amide bonds. The molecule has 1 aliphatic heterocycles. The number of nitrogens with one attached hydrogen (secondary N) is 2. The number of carbonyl (C=O) groups excluding carboxylic acids is 1. The lowest BCUT2D eigenvalue weighted by Crippen LogP contribution is -2.52. The van der Waals surface area contributed by atoms with Crippen molar-refractivity contribution in [2.45, 2.75) is 32.7 Å². The summed E-state index contributed by atoms with van der Waals surface area (Å²) >= 11 is 0. The molecule has 2 rings (SSSR count). The normalized spacial score (nSPS) is 17.0. The molecular weight excluding hydrogens is 292 g/mol. The number of amides is 2. The van der Waals surface area contributed by atoms with E-state index < -0.39 is 0 Å². The van der Waals surface area contributed by atoms with Crippen LogP contribution in [-0.2, 0) is 4.74 Å². The number of hydrogen-bond donors (Lipinski definition) is 2. The Balaban J connectivity index is 1.90. The summed E-state index contributed by atoms with van der Waals surface area (Å²) in [6.45, 7) is 8.52. The van der Waals surface area contributed by atoms with Gasteiger partial charge in [-0.25, -0.2) is 4.79 Å². The molecule has 2 N–H and O–H groups in total. The van der Waals surface area contributed by atoms with E-state index in [2.05, 4.69) is 34.4 Å². The van der Waals surface area contributed by atoms with Crippen LogP contribution >= 0.6 is 0 Å². The van der Waals surface area contributed by atoms with Crippen molar-refractivity contribution >= 4 is 11.7 Å². The first-order valence-electron chi connectivity index (χ1n) is 8.51. The lowest BCUT2D eigenvalue weighted by Gasteiger charge is -2.38. The van der Waals surface area contributed by atoms with Crippen LogP contribution in [0.4, 0.5) is 10.5 Å². The van der Waals surface area contributed by atoms with E-state index in [0.717, 1.165) is 39.1 Å². The summed E-state index contributed by atoms with van der Waals surface area (Å²) in [5.74, 6) is 0.576. The van der Waals surface area contributed by atoms with Crippen LogP contribution in [0.1, 0.15) is 26.7 Å². The Kier molecular flexibility index (Phi) is 7.29. The molecule has 0 aliphatic carbocycles. The molecule has 128 valence electrons. The molecule has 1 fully saturated rings. The quantitative estimate of drug-likeness (QED) is 0.809. The molecule has 1 saturated heterocycles. The SMILES string of the molecule is CCC(CC)C(CNC(=O)Nc1cccnc1)N1CCOCC1. The first kappa shape index (κ1) is 17.7. The molecule has 1 aliphatic rings. The lowest BCUT2D eigenvalue weighted by molar-refractivity contribution is 0.00247. The maximum absolute atomic E-state index is 12.1. The highest BCUT2D eigenvalue weighted by molar-refractivity contribution is 5.88. The van der Waals surface area contributed by atoms with Gasteiger partial charge in [-0.3, -0.25) is 9.88 Å². The fourth-order valence-corrected chi connectivity index (χ4v) is 3.15. The summed E-state index contributed by atoms with van der Waals surface area (Å²) in [5, 5.41) is 5.84. The van der Waals surface area contributed by atoms with Gasteiger partial charge in [-0.1, -0.05) is 26.7 Å². The lowest BCUT2D eigenvalue weighted by atomic mass is 9.92. The molecule has 1 aromatic rings. The van der Waals surface area contributed by atoms with Crippen molar-refractivity contribution in [1.29, 1.82) is 0 Å². The van der Waals surface area contributed by atoms with E-state index >= 15 is 0 Å². The predicted molar refractivity (Wildman–Crippen MR) is 91.5 cm³/mol. The van der Waals surface area contributed by atoms with Gasteiger partial charge in [0.25, 0.3) is 0 Å². The third-order valence-corrected chi connectivity index (χ3v) is 4.50. The minimum absolute atomic E-state index is 0.179. The van der Waals surface area contributed by atoms with E-state index in [-0.39, 0.29) is 6.03 Å². The van der Waals surface area contributed by atoms with Crippen LogP contribution in [0.5, 0.6) is 0 Å². The number of nitrogens with zero attached hydrogens (tertiary/aromatic N) is 2. The molecule has 23 heavy (non-hydrogen) atoms. The van der Waals surface area contributed by atoms with Crippen molar-refractivity contribution in [2.75, 3.05) is 38.2 Å². The zero-order valence-corrected chi connectivity index (χ0v) is 14.1. The number of aromatic nitrogens is 1. The molecule has 0 aromatic carbocycles. The Morgan fingerprint density at radius 1 is 1.35 bits per heavy atom. The van der Waals surface area contributed by atoms with Crippen LogP contribution in [0, 0.1) is 5.92 Å². The second-order valence-electron chi connectivity index (χ2n) is 5.87. The maximum atomic E-state index is 12.1. The Labute approximate surface area is 138 Å². The number of rotatable bonds is 7. The molecular formula is C17H28N4O2. The van der Waals surface area contributed by atoms with Gasteiger partial charge in [0.2, 0.25) is 0 Å². The molecule has 0 spiro atoms. The average molecular weight is 320 g/mol. The number of carbonyl (C=O) groups is 1. The molecule has 0 bridgehead atoms. The third kappa shape index (κ3) is 5.48.